The molecule has 1 aromatic rings. The van der Waals surface area contributed by atoms with Gasteiger partial charge in [-0.3, -0.25) is 0 Å². The molecule has 0 aromatic heterocycles. The van der Waals surface area contributed by atoms with Crippen LogP contribution < -0.4 is 0 Å². The van der Waals surface area contributed by atoms with Crippen LogP contribution in [0.4, 0.5) is 0 Å². The summed E-state index contributed by atoms with van der Waals surface area (Å²) in [5.41, 5.74) is -0.518. The molecule has 0 aliphatic heterocycles. The Bertz CT molecular complexity index is 446. The Morgan fingerprint density at radius 2 is 1.19 bits per heavy atom. The average Bonchev–Trinajstić information content (AvgIpc) is 2.23. The number of aromatic hydroxyl groups is 5. The largest absolute Gasteiger partial charge is 0.504 e. The smallest absolute Gasteiger partial charge is 0.328 e. The third-order valence-corrected chi connectivity index (χ3v) is 1.80. The van der Waals surface area contributed by atoms with Crippen LogP contribution in [-0.4, -0.2) is 36.6 Å². The Labute approximate surface area is 88.8 Å². The minimum Gasteiger partial charge on any atom is -0.504 e. The first kappa shape index (κ1) is 11.5. The molecule has 0 amide bonds. The zero-order valence-electron chi connectivity index (χ0n) is 7.75. The maximum absolute atomic E-state index is 10.2. The molecule has 1 rings (SSSR count). The van der Waals surface area contributed by atoms with Crippen molar-refractivity contribution in [2.45, 2.75) is 0 Å². The molecule has 0 fully saturated rings. The molecular formula is C9H8O7. The normalized spacial score (nSPS) is 10.8. The van der Waals surface area contributed by atoms with Crippen molar-refractivity contribution in [3.8, 4) is 28.7 Å². The van der Waals surface area contributed by atoms with Gasteiger partial charge in [0.2, 0.25) is 17.2 Å². The van der Waals surface area contributed by atoms with Crippen molar-refractivity contribution in [1.82, 2.24) is 0 Å². The van der Waals surface area contributed by atoms with E-state index in [2.05, 4.69) is 0 Å². The monoisotopic (exact) mass is 228 g/mol. The zero-order valence-corrected chi connectivity index (χ0v) is 7.75. The van der Waals surface area contributed by atoms with Crippen molar-refractivity contribution < 1.29 is 35.4 Å². The van der Waals surface area contributed by atoms with E-state index >= 15 is 0 Å². The van der Waals surface area contributed by atoms with Crippen molar-refractivity contribution in [3.05, 3.63) is 11.6 Å². The first-order valence-corrected chi connectivity index (χ1v) is 3.96. The number of aliphatic carboxylic acids is 1. The molecule has 1 aromatic carbocycles. The van der Waals surface area contributed by atoms with E-state index in [-0.39, 0.29) is 0 Å². The molecule has 86 valence electrons. The van der Waals surface area contributed by atoms with Gasteiger partial charge in [0.15, 0.2) is 11.5 Å². The Kier molecular flexibility index (Phi) is 2.80. The van der Waals surface area contributed by atoms with E-state index in [1.165, 1.54) is 0 Å². The average molecular weight is 228 g/mol. The topological polar surface area (TPSA) is 138 Å². The van der Waals surface area contributed by atoms with Crippen LogP contribution >= 0.6 is 0 Å². The second kappa shape index (κ2) is 3.89. The van der Waals surface area contributed by atoms with Gasteiger partial charge >= 0.3 is 5.97 Å². The quantitative estimate of drug-likeness (QED) is 0.243. The fourth-order valence-electron chi connectivity index (χ4n) is 1.02. The minimum atomic E-state index is -1.36. The molecule has 0 saturated carbocycles. The summed E-state index contributed by atoms with van der Waals surface area (Å²) in [5.74, 6) is -6.44. The van der Waals surface area contributed by atoms with Crippen LogP contribution in [-0.2, 0) is 4.79 Å². The molecule has 7 heteroatoms. The van der Waals surface area contributed by atoms with Crippen molar-refractivity contribution >= 4 is 12.0 Å². The highest BCUT2D eigenvalue weighted by Crippen LogP contribution is 2.51. The molecule has 6 N–H and O–H groups in total. The number of hydrogen-bond donors (Lipinski definition) is 6. The number of carbonyl (C=O) groups is 1. The maximum Gasteiger partial charge on any atom is 0.328 e. The zero-order chi connectivity index (χ0) is 12.5. The molecule has 0 unspecified atom stereocenters. The highest BCUT2D eigenvalue weighted by atomic mass is 16.4. The molecule has 0 heterocycles. The van der Waals surface area contributed by atoms with Gasteiger partial charge in [-0.1, -0.05) is 0 Å². The number of phenols is 5. The fraction of sp³-hybridized carbons (Fsp3) is 0. The number of carboxylic acid groups (broad SMARTS) is 1. The Balaban J connectivity index is 3.45. The summed E-state index contributed by atoms with van der Waals surface area (Å²) >= 11 is 0. The second-order valence-corrected chi connectivity index (χ2v) is 2.83. The highest BCUT2D eigenvalue weighted by Gasteiger charge is 2.21. The SMILES string of the molecule is O=C(O)/C=C/c1c(O)c(O)c(O)c(O)c1O. The van der Waals surface area contributed by atoms with Crippen LogP contribution in [0.15, 0.2) is 6.08 Å². The molecular weight excluding hydrogens is 220 g/mol. The van der Waals surface area contributed by atoms with Gasteiger partial charge < -0.3 is 30.6 Å². The van der Waals surface area contributed by atoms with Crippen LogP contribution in [0.3, 0.4) is 0 Å². The molecule has 0 aliphatic rings. The van der Waals surface area contributed by atoms with Crippen LogP contribution in [0.5, 0.6) is 28.7 Å². The van der Waals surface area contributed by atoms with Crippen LogP contribution in [0.25, 0.3) is 6.08 Å². The first-order chi connectivity index (χ1) is 7.36. The van der Waals surface area contributed by atoms with Crippen molar-refractivity contribution in [3.63, 3.8) is 0 Å². The Morgan fingerprint density at radius 1 is 0.812 bits per heavy atom. The maximum atomic E-state index is 10.2. The van der Waals surface area contributed by atoms with E-state index in [0.29, 0.717) is 6.08 Å². The minimum absolute atomic E-state index is 0.518. The summed E-state index contributed by atoms with van der Waals surface area (Å²) in [6, 6.07) is 0. The van der Waals surface area contributed by atoms with Crippen molar-refractivity contribution in [1.29, 1.82) is 0 Å². The summed E-state index contributed by atoms with van der Waals surface area (Å²) in [6.45, 7) is 0. The summed E-state index contributed by atoms with van der Waals surface area (Å²) < 4.78 is 0. The van der Waals surface area contributed by atoms with Gasteiger partial charge in [-0.25, -0.2) is 4.79 Å². The lowest BCUT2D eigenvalue weighted by atomic mass is 10.1. The summed E-state index contributed by atoms with van der Waals surface area (Å²) in [5, 5.41) is 54.1. The number of carboxylic acids is 1. The van der Waals surface area contributed by atoms with Gasteiger partial charge in [0.05, 0.1) is 5.56 Å². The third kappa shape index (κ3) is 1.78. The van der Waals surface area contributed by atoms with Gasteiger partial charge in [-0.15, -0.1) is 0 Å². The fourth-order valence-corrected chi connectivity index (χ4v) is 1.02. The van der Waals surface area contributed by atoms with Gasteiger partial charge in [0, 0.05) is 6.08 Å². The lowest BCUT2D eigenvalue weighted by Crippen LogP contribution is -1.87. The molecule has 0 spiro atoms. The van der Waals surface area contributed by atoms with E-state index in [1.807, 2.05) is 0 Å². The lowest BCUT2D eigenvalue weighted by molar-refractivity contribution is -0.131. The number of phenolic OH excluding ortho intramolecular Hbond substituents is 5. The Hall–Kier alpha value is -2.57. The number of hydrogen-bond acceptors (Lipinski definition) is 6. The predicted molar refractivity (Wildman–Crippen MR) is 51.4 cm³/mol. The molecule has 0 saturated heterocycles. The van der Waals surface area contributed by atoms with Crippen molar-refractivity contribution in [2.75, 3.05) is 0 Å². The summed E-state index contributed by atoms with van der Waals surface area (Å²) in [6.07, 6.45) is 1.33. The van der Waals surface area contributed by atoms with Crippen LogP contribution in [0, 0.1) is 0 Å². The van der Waals surface area contributed by atoms with Crippen molar-refractivity contribution in [2.24, 2.45) is 0 Å². The van der Waals surface area contributed by atoms with Gasteiger partial charge in [-0.2, -0.15) is 0 Å². The van der Waals surface area contributed by atoms with Gasteiger partial charge in [0.25, 0.3) is 0 Å². The molecule has 0 atom stereocenters. The van der Waals surface area contributed by atoms with E-state index < -0.39 is 40.3 Å². The van der Waals surface area contributed by atoms with E-state index in [0.717, 1.165) is 6.08 Å². The van der Waals surface area contributed by atoms with Gasteiger partial charge in [0.1, 0.15) is 0 Å². The van der Waals surface area contributed by atoms with E-state index in [1.54, 1.807) is 0 Å². The van der Waals surface area contributed by atoms with Crippen LogP contribution in [0.1, 0.15) is 5.56 Å². The van der Waals surface area contributed by atoms with Crippen LogP contribution in [0.2, 0.25) is 0 Å². The predicted octanol–water partition coefficient (Wildman–Crippen LogP) is 0.312. The number of rotatable bonds is 2. The number of benzene rings is 1. The molecule has 7 nitrogen and oxygen atoms in total. The molecule has 0 bridgehead atoms. The molecule has 0 aliphatic carbocycles. The summed E-state index contributed by atoms with van der Waals surface area (Å²) in [7, 11) is 0. The third-order valence-electron chi connectivity index (χ3n) is 1.80. The Morgan fingerprint density at radius 3 is 1.56 bits per heavy atom. The van der Waals surface area contributed by atoms with E-state index in [9.17, 15) is 15.0 Å². The standard InChI is InChI=1S/C9H8O7/c10-4(11)2-1-3-5(12)7(14)9(16)8(15)6(3)13/h1-2,12-16H,(H,10,11)/b2-1+. The summed E-state index contributed by atoms with van der Waals surface area (Å²) in [4.78, 5) is 10.2. The second-order valence-electron chi connectivity index (χ2n) is 2.83. The molecule has 0 radical (unpaired) electrons. The first-order valence-electron chi connectivity index (χ1n) is 3.96. The van der Waals surface area contributed by atoms with Gasteiger partial charge in [-0.05, 0) is 6.08 Å². The van der Waals surface area contributed by atoms with E-state index in [4.69, 9.17) is 20.4 Å². The highest BCUT2D eigenvalue weighted by molar-refractivity contribution is 5.88. The molecule has 16 heavy (non-hydrogen) atoms. The lowest BCUT2D eigenvalue weighted by Gasteiger charge is -2.09.